The molecule has 0 bridgehead atoms. The van der Waals surface area contributed by atoms with Gasteiger partial charge in [-0.2, -0.15) is 0 Å². The van der Waals surface area contributed by atoms with E-state index in [9.17, 15) is 9.59 Å². The van der Waals surface area contributed by atoms with E-state index in [-0.39, 0.29) is 11.8 Å². The number of nitrogens with zero attached hydrogens (tertiary/aromatic N) is 1. The SMILES string of the molecule is CCCc1nc2sc(C(=O)NCCc3ccc(OC)c(OC)c3)c(NC(C)=O)c2c2c1CCC2. The molecule has 0 saturated heterocycles. The second kappa shape index (κ2) is 10.4. The predicted molar refractivity (Wildman–Crippen MR) is 136 cm³/mol. The van der Waals surface area contributed by atoms with Gasteiger partial charge in [0.05, 0.1) is 19.9 Å². The second-order valence-corrected chi connectivity index (χ2v) is 9.48. The van der Waals surface area contributed by atoms with Gasteiger partial charge in [0.2, 0.25) is 5.91 Å². The van der Waals surface area contributed by atoms with Crippen LogP contribution >= 0.6 is 11.3 Å². The highest BCUT2D eigenvalue weighted by Gasteiger charge is 2.27. The van der Waals surface area contributed by atoms with E-state index in [1.54, 1.807) is 14.2 Å². The second-order valence-electron chi connectivity index (χ2n) is 8.48. The Morgan fingerprint density at radius 1 is 1.09 bits per heavy atom. The molecule has 8 heteroatoms. The number of anilines is 1. The molecule has 3 aromatic rings. The number of rotatable bonds is 9. The number of carbonyl (C=O) groups is 2. The number of hydrogen-bond acceptors (Lipinski definition) is 6. The van der Waals surface area contributed by atoms with Crippen molar-refractivity contribution in [2.45, 2.75) is 52.4 Å². The van der Waals surface area contributed by atoms with Crippen LogP contribution in [0.5, 0.6) is 11.5 Å². The summed E-state index contributed by atoms with van der Waals surface area (Å²) in [7, 11) is 3.20. The molecule has 0 unspecified atom stereocenters. The summed E-state index contributed by atoms with van der Waals surface area (Å²) in [6.07, 6.45) is 5.64. The van der Waals surface area contributed by atoms with Crippen LogP contribution < -0.4 is 20.1 Å². The molecule has 4 rings (SSSR count). The van der Waals surface area contributed by atoms with E-state index in [0.29, 0.717) is 35.0 Å². The van der Waals surface area contributed by atoms with E-state index in [4.69, 9.17) is 14.5 Å². The Bertz CT molecular complexity index is 1230. The fourth-order valence-electron chi connectivity index (χ4n) is 4.64. The molecule has 2 amide bonds. The monoisotopic (exact) mass is 481 g/mol. The number of thiophene rings is 1. The molecule has 0 fully saturated rings. The quantitative estimate of drug-likeness (QED) is 0.463. The summed E-state index contributed by atoms with van der Waals surface area (Å²) >= 11 is 1.36. The highest BCUT2D eigenvalue weighted by Crippen LogP contribution is 2.42. The fraction of sp³-hybridized carbons (Fsp3) is 0.423. The minimum Gasteiger partial charge on any atom is -0.493 e. The summed E-state index contributed by atoms with van der Waals surface area (Å²) in [4.78, 5) is 31.5. The van der Waals surface area contributed by atoms with Crippen LogP contribution in [-0.2, 0) is 30.5 Å². The number of fused-ring (bicyclic) bond motifs is 3. The zero-order chi connectivity index (χ0) is 24.2. The van der Waals surface area contributed by atoms with Gasteiger partial charge in [-0.1, -0.05) is 19.4 Å². The van der Waals surface area contributed by atoms with Crippen molar-refractivity contribution in [3.63, 3.8) is 0 Å². The van der Waals surface area contributed by atoms with Crippen molar-refractivity contribution in [1.29, 1.82) is 0 Å². The van der Waals surface area contributed by atoms with Gasteiger partial charge < -0.3 is 20.1 Å². The maximum absolute atomic E-state index is 13.2. The van der Waals surface area contributed by atoms with E-state index in [1.165, 1.54) is 29.4 Å². The first-order valence-corrected chi connectivity index (χ1v) is 12.5. The molecular formula is C26H31N3O4S. The Morgan fingerprint density at radius 3 is 2.56 bits per heavy atom. The van der Waals surface area contributed by atoms with E-state index in [2.05, 4.69) is 17.6 Å². The average molecular weight is 482 g/mol. The largest absolute Gasteiger partial charge is 0.493 e. The molecule has 0 atom stereocenters. The highest BCUT2D eigenvalue weighted by molar-refractivity contribution is 7.21. The van der Waals surface area contributed by atoms with Crippen molar-refractivity contribution >= 4 is 39.1 Å². The Labute approximate surface area is 203 Å². The molecule has 7 nitrogen and oxygen atoms in total. The van der Waals surface area contributed by atoms with Crippen molar-refractivity contribution in [3.05, 3.63) is 45.5 Å². The molecule has 0 radical (unpaired) electrons. The zero-order valence-corrected chi connectivity index (χ0v) is 21.0. The molecule has 180 valence electrons. The van der Waals surface area contributed by atoms with Crippen molar-refractivity contribution in [2.75, 3.05) is 26.1 Å². The van der Waals surface area contributed by atoms with Crippen LogP contribution in [0.15, 0.2) is 18.2 Å². The highest BCUT2D eigenvalue weighted by atomic mass is 32.1. The first-order valence-electron chi connectivity index (χ1n) is 11.7. The zero-order valence-electron chi connectivity index (χ0n) is 20.2. The van der Waals surface area contributed by atoms with Crippen molar-refractivity contribution in [3.8, 4) is 11.5 Å². The lowest BCUT2D eigenvalue weighted by Gasteiger charge is -2.11. The van der Waals surface area contributed by atoms with E-state index >= 15 is 0 Å². The number of carbonyl (C=O) groups excluding carboxylic acids is 2. The topological polar surface area (TPSA) is 89.6 Å². The van der Waals surface area contributed by atoms with Gasteiger partial charge in [0, 0.05) is 24.5 Å². The Hall–Kier alpha value is -3.13. The Balaban J connectivity index is 1.60. The van der Waals surface area contributed by atoms with Crippen molar-refractivity contribution < 1.29 is 19.1 Å². The summed E-state index contributed by atoms with van der Waals surface area (Å²) in [5.41, 5.74) is 5.32. The minimum atomic E-state index is -0.198. The third kappa shape index (κ3) is 4.73. The summed E-state index contributed by atoms with van der Waals surface area (Å²) in [5.74, 6) is 0.939. The minimum absolute atomic E-state index is 0.191. The fourth-order valence-corrected chi connectivity index (χ4v) is 5.74. The van der Waals surface area contributed by atoms with Gasteiger partial charge in [0.25, 0.3) is 5.91 Å². The molecule has 0 spiro atoms. The van der Waals surface area contributed by atoms with Gasteiger partial charge in [0.1, 0.15) is 9.71 Å². The number of amides is 2. The lowest BCUT2D eigenvalue weighted by Crippen LogP contribution is -2.26. The molecule has 2 aromatic heterocycles. The van der Waals surface area contributed by atoms with Crippen LogP contribution in [0.3, 0.4) is 0 Å². The van der Waals surface area contributed by atoms with Crippen LogP contribution in [0.2, 0.25) is 0 Å². The molecule has 0 aliphatic heterocycles. The van der Waals surface area contributed by atoms with E-state index in [0.717, 1.165) is 53.6 Å². The molecule has 1 aliphatic carbocycles. The van der Waals surface area contributed by atoms with Crippen LogP contribution in [0.25, 0.3) is 10.2 Å². The van der Waals surface area contributed by atoms with E-state index in [1.807, 2.05) is 18.2 Å². The van der Waals surface area contributed by atoms with Gasteiger partial charge in [-0.3, -0.25) is 9.59 Å². The first kappa shape index (κ1) is 24.0. The van der Waals surface area contributed by atoms with Crippen molar-refractivity contribution in [2.24, 2.45) is 0 Å². The van der Waals surface area contributed by atoms with Crippen LogP contribution in [-0.4, -0.2) is 37.6 Å². The summed E-state index contributed by atoms with van der Waals surface area (Å²) in [6, 6.07) is 5.73. The number of nitrogens with one attached hydrogen (secondary N) is 2. The third-order valence-corrected chi connectivity index (χ3v) is 7.22. The Kier molecular flexibility index (Phi) is 7.36. The summed E-state index contributed by atoms with van der Waals surface area (Å²) < 4.78 is 10.7. The number of hydrogen-bond donors (Lipinski definition) is 2. The Morgan fingerprint density at radius 2 is 1.85 bits per heavy atom. The van der Waals surface area contributed by atoms with Gasteiger partial charge in [-0.25, -0.2) is 4.98 Å². The molecule has 2 heterocycles. The molecular weight excluding hydrogens is 450 g/mol. The third-order valence-electron chi connectivity index (χ3n) is 6.14. The maximum Gasteiger partial charge on any atom is 0.263 e. The molecule has 1 aromatic carbocycles. The lowest BCUT2D eigenvalue weighted by atomic mass is 10.0. The van der Waals surface area contributed by atoms with Gasteiger partial charge >= 0.3 is 0 Å². The van der Waals surface area contributed by atoms with Crippen LogP contribution in [0.1, 0.15) is 58.7 Å². The molecule has 1 aliphatic rings. The van der Waals surface area contributed by atoms with Gasteiger partial charge in [-0.05, 0) is 60.9 Å². The number of aryl methyl sites for hydroxylation is 2. The number of aromatic nitrogens is 1. The standard InChI is InChI=1S/C26H31N3O4S/c1-5-7-19-17-8-6-9-18(17)22-23(28-15(2)30)24(34-26(22)29-19)25(31)27-13-12-16-10-11-20(32-3)21(14-16)33-4/h10-11,14H,5-9,12-13H2,1-4H3,(H,27,31)(H,28,30). The molecule has 0 saturated carbocycles. The summed E-state index contributed by atoms with van der Waals surface area (Å²) in [5, 5.41) is 6.89. The van der Waals surface area contributed by atoms with Crippen LogP contribution in [0, 0.1) is 0 Å². The number of methoxy groups -OCH3 is 2. The smallest absolute Gasteiger partial charge is 0.263 e. The number of benzene rings is 1. The van der Waals surface area contributed by atoms with Gasteiger partial charge in [0.15, 0.2) is 11.5 Å². The average Bonchev–Trinajstić information content (AvgIpc) is 3.44. The molecule has 2 N–H and O–H groups in total. The maximum atomic E-state index is 13.2. The first-order chi connectivity index (χ1) is 16.5. The van der Waals surface area contributed by atoms with E-state index < -0.39 is 0 Å². The van der Waals surface area contributed by atoms with Gasteiger partial charge in [-0.15, -0.1) is 11.3 Å². The lowest BCUT2D eigenvalue weighted by molar-refractivity contribution is -0.114. The number of pyridine rings is 1. The predicted octanol–water partition coefficient (Wildman–Crippen LogP) is 4.69. The normalized spacial score (nSPS) is 12.5. The van der Waals surface area contributed by atoms with Crippen molar-refractivity contribution in [1.82, 2.24) is 10.3 Å². The number of ether oxygens (including phenoxy) is 2. The summed E-state index contributed by atoms with van der Waals surface area (Å²) in [6.45, 7) is 4.08. The van der Waals surface area contributed by atoms with Crippen LogP contribution in [0.4, 0.5) is 5.69 Å². The molecule has 34 heavy (non-hydrogen) atoms.